The summed E-state index contributed by atoms with van der Waals surface area (Å²) in [5.74, 6) is -10.8. The summed E-state index contributed by atoms with van der Waals surface area (Å²) in [4.78, 5) is 2.05. The maximum Gasteiger partial charge on any atom is 0.405 e. The van der Waals surface area contributed by atoms with E-state index in [1.54, 1.807) is 18.2 Å². The summed E-state index contributed by atoms with van der Waals surface area (Å²) in [5, 5.41) is -4.57. The van der Waals surface area contributed by atoms with Gasteiger partial charge in [-0.25, -0.2) is 0 Å². The first-order chi connectivity index (χ1) is 20.6. The van der Waals surface area contributed by atoms with Crippen molar-refractivity contribution < 1.29 is 53.5 Å². The van der Waals surface area contributed by atoms with Crippen molar-refractivity contribution in [2.75, 3.05) is 13.2 Å². The molecule has 0 spiro atoms. The average Bonchev–Trinajstić information content (AvgIpc) is 3.03. The molecule has 0 radical (unpaired) electrons. The van der Waals surface area contributed by atoms with E-state index in [4.69, 9.17) is 18.8 Å². The molecular weight excluding hydrogens is 646 g/mol. The maximum atomic E-state index is 14.2. The van der Waals surface area contributed by atoms with Crippen LogP contribution in [0.5, 0.6) is 5.75 Å². The van der Waals surface area contributed by atoms with Crippen LogP contribution in [0.15, 0.2) is 87.5 Å². The summed E-state index contributed by atoms with van der Waals surface area (Å²) >= 11 is 0. The van der Waals surface area contributed by atoms with Crippen LogP contribution in [0, 0.1) is 0 Å². The van der Waals surface area contributed by atoms with Crippen LogP contribution < -0.4 is 4.74 Å². The lowest BCUT2D eigenvalue weighted by atomic mass is 9.87. The van der Waals surface area contributed by atoms with Crippen molar-refractivity contribution in [1.82, 2.24) is 0 Å². The van der Waals surface area contributed by atoms with Gasteiger partial charge in [0.1, 0.15) is 19.0 Å². The quantitative estimate of drug-likeness (QED) is 0.149. The highest BCUT2D eigenvalue weighted by atomic mass is 32.2. The molecule has 3 aromatic rings. The number of ether oxygens (including phenoxy) is 3. The lowest BCUT2D eigenvalue weighted by molar-refractivity contribution is -0.233. The minimum Gasteiger partial charge on any atom is -0.483 e. The molecule has 14 heteroatoms. The Morgan fingerprint density at radius 2 is 1.33 bits per heavy atom. The van der Waals surface area contributed by atoms with Crippen molar-refractivity contribution >= 4 is 21.0 Å². The van der Waals surface area contributed by atoms with E-state index in [0.29, 0.717) is 9.79 Å². The zero-order valence-electron chi connectivity index (χ0n) is 25.0. The first-order valence-corrected chi connectivity index (χ1v) is 16.3. The van der Waals surface area contributed by atoms with E-state index in [1.165, 1.54) is 37.3 Å². The van der Waals surface area contributed by atoms with Gasteiger partial charge in [0, 0.05) is 11.6 Å². The van der Waals surface area contributed by atoms with Gasteiger partial charge in [-0.05, 0) is 73.4 Å². The second kappa shape index (κ2) is 12.1. The van der Waals surface area contributed by atoms with Crippen molar-refractivity contribution in [3.63, 3.8) is 0 Å². The fraction of sp³-hybridized carbons (Fsp3) is 0.419. The van der Waals surface area contributed by atoms with Crippen LogP contribution in [0.25, 0.3) is 0 Å². The van der Waals surface area contributed by atoms with Gasteiger partial charge in [0.25, 0.3) is 0 Å². The van der Waals surface area contributed by atoms with Gasteiger partial charge in [-0.2, -0.15) is 34.8 Å². The third-order valence-corrected chi connectivity index (χ3v) is 10.6. The highest BCUT2D eigenvalue weighted by Crippen LogP contribution is 2.43. The van der Waals surface area contributed by atoms with E-state index in [-0.39, 0.29) is 16.7 Å². The van der Waals surface area contributed by atoms with Gasteiger partial charge < -0.3 is 14.2 Å². The molecule has 0 aliphatic carbocycles. The first-order valence-electron chi connectivity index (χ1n) is 13.7. The Balaban J connectivity index is 1.73. The van der Waals surface area contributed by atoms with Gasteiger partial charge in [0.15, 0.2) is 26.6 Å². The van der Waals surface area contributed by atoms with E-state index >= 15 is 0 Å². The van der Waals surface area contributed by atoms with Crippen LogP contribution in [0.2, 0.25) is 0 Å². The highest BCUT2D eigenvalue weighted by Gasteiger charge is 2.60. The topological polar surface area (TPSA) is 82.1 Å². The number of hydrogen-bond acceptors (Lipinski definition) is 5. The van der Waals surface area contributed by atoms with Gasteiger partial charge in [-0.15, -0.1) is 0 Å². The largest absolute Gasteiger partial charge is 0.483 e. The summed E-state index contributed by atoms with van der Waals surface area (Å²) in [7, 11) is -6.67. The smallest absolute Gasteiger partial charge is 0.405 e. The number of alkyl halides is 6. The first kappa shape index (κ1) is 35.1. The minimum atomic E-state index is -5.74. The molecule has 1 N–H and O–H groups in total. The van der Waals surface area contributed by atoms with E-state index in [0.717, 1.165) is 17.4 Å². The predicted molar refractivity (Wildman–Crippen MR) is 156 cm³/mol. The Hall–Kier alpha value is -2.78. The summed E-state index contributed by atoms with van der Waals surface area (Å²) in [6, 6.07) is 20.1. The molecule has 1 aliphatic heterocycles. The lowest BCUT2D eigenvalue weighted by Gasteiger charge is -2.28. The molecule has 1 aliphatic rings. The second-order valence-corrected chi connectivity index (χ2v) is 15.3. The molecule has 4 rings (SSSR count). The fourth-order valence-corrected chi connectivity index (χ4v) is 6.98. The molecule has 0 bridgehead atoms. The van der Waals surface area contributed by atoms with E-state index in [9.17, 15) is 34.8 Å². The van der Waals surface area contributed by atoms with Crippen molar-refractivity contribution in [1.29, 1.82) is 0 Å². The van der Waals surface area contributed by atoms with E-state index < -0.39 is 63.2 Å². The van der Waals surface area contributed by atoms with Crippen LogP contribution in [0.3, 0.4) is 0 Å². The van der Waals surface area contributed by atoms with Gasteiger partial charge in [0.2, 0.25) is 0 Å². The molecule has 0 saturated carbocycles. The number of hydrogen-bond donors (Lipinski definition) is 1. The fourth-order valence-electron chi connectivity index (χ4n) is 4.43. The Bertz CT molecular complexity index is 1590. The van der Waals surface area contributed by atoms with Gasteiger partial charge in [-0.1, -0.05) is 39.0 Å². The molecule has 2 atom stereocenters. The normalized spacial score (nSPS) is 19.7. The van der Waals surface area contributed by atoms with Crippen molar-refractivity contribution in [3.05, 3.63) is 83.9 Å². The Morgan fingerprint density at radius 3 is 1.80 bits per heavy atom. The van der Waals surface area contributed by atoms with Gasteiger partial charge in [0.05, 0.1) is 10.9 Å². The highest BCUT2D eigenvalue weighted by molar-refractivity contribution is 7.97. The SMILES string of the molecule is CC(Oc1cccc([S+](c2ccc(C(C)(C)C)cc2)c2ccc(C3(C)OCC(F)(F)C(F)(F)CO3)cc2)c1)C(F)(F)S(=O)(=O)O. The van der Waals surface area contributed by atoms with Crippen LogP contribution in [0.1, 0.15) is 45.7 Å². The minimum absolute atomic E-state index is 0.0848. The van der Waals surface area contributed by atoms with Crippen molar-refractivity contribution in [2.45, 2.75) is 83.7 Å². The number of halogens is 6. The molecule has 0 aromatic heterocycles. The summed E-state index contributed by atoms with van der Waals surface area (Å²) in [6.07, 6.45) is -2.23. The molecule has 246 valence electrons. The third kappa shape index (κ3) is 7.30. The summed E-state index contributed by atoms with van der Waals surface area (Å²) in [5.41, 5.74) is 1.11. The standard InChI is InChI=1S/C31H32F6O6S2/c1-20(31(36,37)45(38,39)40)43-23-7-6-8-26(17-23)44(24-13-9-21(10-14-24)27(2,3)4)25-15-11-22(12-16-25)28(5)41-18-29(32,33)30(34,35)19-42-28/h6-17,20H,18-19H2,1-5H3/p+1. The Labute approximate surface area is 260 Å². The summed E-state index contributed by atoms with van der Waals surface area (Å²) in [6.45, 7) is 5.14. The van der Waals surface area contributed by atoms with E-state index in [1.807, 2.05) is 24.3 Å². The van der Waals surface area contributed by atoms with Crippen LogP contribution >= 0.6 is 0 Å². The zero-order chi connectivity index (χ0) is 33.6. The molecule has 0 amide bonds. The zero-order valence-corrected chi connectivity index (χ0v) is 26.6. The van der Waals surface area contributed by atoms with Crippen LogP contribution in [-0.4, -0.2) is 49.4 Å². The summed E-state index contributed by atoms with van der Waals surface area (Å²) < 4.78 is 131. The molecular formula is C31H33F6O6S2+. The molecule has 45 heavy (non-hydrogen) atoms. The van der Waals surface area contributed by atoms with Crippen LogP contribution in [-0.2, 0) is 41.7 Å². The Kier molecular flexibility index (Phi) is 9.44. The molecule has 2 unspecified atom stereocenters. The average molecular weight is 680 g/mol. The monoisotopic (exact) mass is 679 g/mol. The van der Waals surface area contributed by atoms with Crippen LogP contribution in [0.4, 0.5) is 26.3 Å². The maximum absolute atomic E-state index is 14.2. The third-order valence-electron chi connectivity index (χ3n) is 7.33. The number of benzene rings is 3. The molecule has 6 nitrogen and oxygen atoms in total. The molecule has 1 saturated heterocycles. The molecule has 1 fully saturated rings. The Morgan fingerprint density at radius 1 is 0.844 bits per heavy atom. The molecule has 1 heterocycles. The van der Waals surface area contributed by atoms with Gasteiger partial charge >= 0.3 is 27.2 Å². The lowest BCUT2D eigenvalue weighted by Crippen LogP contribution is -2.45. The van der Waals surface area contributed by atoms with E-state index in [2.05, 4.69) is 20.8 Å². The molecule has 3 aromatic carbocycles. The van der Waals surface area contributed by atoms with Crippen molar-refractivity contribution in [3.8, 4) is 5.75 Å². The second-order valence-electron chi connectivity index (χ2n) is 11.8. The number of rotatable bonds is 8. The van der Waals surface area contributed by atoms with Crippen molar-refractivity contribution in [2.24, 2.45) is 0 Å². The van der Waals surface area contributed by atoms with Gasteiger partial charge in [-0.3, -0.25) is 4.55 Å². The predicted octanol–water partition coefficient (Wildman–Crippen LogP) is 7.82.